The average Bonchev–Trinajstić information content (AvgIpc) is 1.58. The molecule has 1 aromatic heterocycles. The van der Waals surface area contributed by atoms with Crippen LogP contribution < -0.4 is 71.1 Å². The lowest BCUT2D eigenvalue weighted by atomic mass is 9.95. The maximum Gasteiger partial charge on any atom is 0.416 e. The summed E-state index contributed by atoms with van der Waals surface area (Å²) in [4.78, 5) is 131. The van der Waals surface area contributed by atoms with Crippen molar-refractivity contribution in [3.05, 3.63) is 155 Å². The maximum atomic E-state index is 14.6. The van der Waals surface area contributed by atoms with E-state index in [2.05, 4.69) is 42.2 Å². The summed E-state index contributed by atoms with van der Waals surface area (Å²) in [6.07, 6.45) is 3.51. The monoisotopic (exact) mass is 1540 g/mol. The van der Waals surface area contributed by atoms with Crippen LogP contribution in [0.1, 0.15) is 135 Å². The standard InChI is InChI=1S/C83H96N14O16/c1-48(2)74(90-72(100)43-87-71(99)42-86-70(98)28-29-73(101)94-44-52-15-8-9-16-57(52)75-76(97(49(3)4)92-91-75)58-17-10-11-19-63(58)94)78(103)89-61(18-12-13-32-84)77(102)88-54-24-20-50(21-25-54)46-113-82(107)96-64-39-69(67(110-7)37-60(64)80(105)95-47-83(30-31-83)40-65(95)81(96)106)112-34-14-33-111-68-38-62-59(36-66(68)109-6)79(104)93-45-53(35-55(93)41-85-62)51-22-26-56(108-5)27-23-51/h8-11,15-17,19-27,36-39,45,48-49,55,61,65,74,81,85,106H,12-14,18,28-35,40-44,46-47,84H2,1-7H3,(H,86,98)(H,87,99)(H,88,102)(H,89,103)(H,90,100)/t55-,61-,65-,74-,81?/m0/s1. The molecule has 5 atom stereocenters. The molecule has 1 saturated carbocycles. The van der Waals surface area contributed by atoms with Crippen molar-refractivity contribution < 1.29 is 76.7 Å². The number of nitrogens with zero attached hydrogens (tertiary/aromatic N) is 7. The van der Waals surface area contributed by atoms with E-state index in [-0.39, 0.29) is 104 Å². The van der Waals surface area contributed by atoms with Crippen molar-refractivity contribution in [2.24, 2.45) is 17.1 Å². The van der Waals surface area contributed by atoms with Gasteiger partial charge >= 0.3 is 6.09 Å². The molecule has 594 valence electrons. The summed E-state index contributed by atoms with van der Waals surface area (Å²) >= 11 is 0. The van der Waals surface area contributed by atoms with Crippen LogP contribution in [0.4, 0.5) is 27.5 Å². The Labute approximate surface area is 654 Å². The van der Waals surface area contributed by atoms with E-state index in [1.54, 1.807) is 72.1 Å². The minimum atomic E-state index is -1.51. The number of aliphatic hydroxyl groups excluding tert-OH is 1. The number of nitrogens with two attached hydrogens (primary N) is 1. The summed E-state index contributed by atoms with van der Waals surface area (Å²) in [6, 6.07) is 32.7. The number of aromatic nitrogens is 3. The van der Waals surface area contributed by atoms with Crippen molar-refractivity contribution in [1.29, 1.82) is 0 Å². The summed E-state index contributed by atoms with van der Waals surface area (Å²) in [5.41, 5.74) is 14.3. The summed E-state index contributed by atoms with van der Waals surface area (Å²) in [6.45, 7) is 7.81. The van der Waals surface area contributed by atoms with E-state index in [4.69, 9.17) is 34.2 Å². The van der Waals surface area contributed by atoms with Gasteiger partial charge in [-0.1, -0.05) is 85.8 Å². The van der Waals surface area contributed by atoms with Gasteiger partial charge in [-0.25, -0.2) is 14.4 Å². The molecule has 0 bridgehead atoms. The fourth-order valence-electron chi connectivity index (χ4n) is 15.1. The van der Waals surface area contributed by atoms with E-state index in [0.29, 0.717) is 97.1 Å². The number of nitrogens with one attached hydrogen (secondary N) is 6. The van der Waals surface area contributed by atoms with Gasteiger partial charge in [-0.15, -0.1) is 5.10 Å². The highest BCUT2D eigenvalue weighted by molar-refractivity contribution is 6.07. The fraction of sp³-hybridized carbons (Fsp3) is 0.410. The van der Waals surface area contributed by atoms with E-state index in [1.165, 1.54) is 26.4 Å². The number of hydrogen-bond acceptors (Lipinski definition) is 20. The molecule has 9 N–H and O–H groups in total. The minimum absolute atomic E-state index is 0.0330. The van der Waals surface area contributed by atoms with Crippen LogP contribution in [-0.2, 0) is 46.7 Å². The SMILES string of the molecule is COc1ccc(C2=CN3C(=O)c4cc(OC)c(OCCCOc5cc6c(cc5OC)C(=O)N5CC7(CC7)C[C@H]5C(O)N6C(=O)OCc5ccc(NC(=O)[C@H](CCCCN)NC(=O)[C@@H](NC(=O)CNC(=O)CNC(=O)CCC(=O)N6Cc7ccccc7-c7nnn(C(C)C)c7-c7ccccc76)C(C)C)cc5)cc4NC[C@@H]3C2)cc1. The Balaban J connectivity index is 0.589. The zero-order valence-corrected chi connectivity index (χ0v) is 64.4. The molecule has 1 aliphatic carbocycles. The summed E-state index contributed by atoms with van der Waals surface area (Å²) in [5.74, 6) is -2.60. The highest BCUT2D eigenvalue weighted by Gasteiger charge is 2.58. The number of amides is 9. The second-order valence-corrected chi connectivity index (χ2v) is 29.8. The van der Waals surface area contributed by atoms with Crippen LogP contribution in [0.25, 0.3) is 28.1 Å². The number of benzene rings is 6. The number of aliphatic hydroxyl groups is 1. The van der Waals surface area contributed by atoms with Gasteiger partial charge in [0.1, 0.15) is 30.1 Å². The topological polar surface area (TPSA) is 371 Å². The number of hydrogen-bond donors (Lipinski definition) is 8. The lowest BCUT2D eigenvalue weighted by Crippen LogP contribution is -2.55. The normalized spacial score (nSPS) is 17.3. The molecule has 1 saturated heterocycles. The Kier molecular flexibility index (Phi) is 24.3. The summed E-state index contributed by atoms with van der Waals surface area (Å²) in [5, 5.41) is 38.1. The number of unbranched alkanes of at least 4 members (excludes halogenated alkanes) is 1. The van der Waals surface area contributed by atoms with Crippen molar-refractivity contribution in [2.45, 2.75) is 141 Å². The van der Waals surface area contributed by atoms with E-state index >= 15 is 0 Å². The van der Waals surface area contributed by atoms with Crippen LogP contribution in [0.5, 0.6) is 28.7 Å². The Morgan fingerprint density at radius 1 is 0.699 bits per heavy atom. The van der Waals surface area contributed by atoms with Gasteiger partial charge in [-0.2, -0.15) is 0 Å². The third-order valence-corrected chi connectivity index (χ3v) is 21.5. The van der Waals surface area contributed by atoms with Crippen LogP contribution in [-0.4, -0.2) is 181 Å². The first kappa shape index (κ1) is 79.0. The van der Waals surface area contributed by atoms with Gasteiger partial charge < -0.3 is 85.9 Å². The van der Waals surface area contributed by atoms with Crippen molar-refractivity contribution in [1.82, 2.24) is 46.1 Å². The minimum Gasteiger partial charge on any atom is -0.497 e. The third kappa shape index (κ3) is 17.5. The molecule has 1 unspecified atom stereocenters. The Morgan fingerprint density at radius 3 is 2.09 bits per heavy atom. The van der Waals surface area contributed by atoms with Gasteiger partial charge in [0.05, 0.1) is 100 Å². The number of fused-ring (bicyclic) bond motifs is 9. The smallest absolute Gasteiger partial charge is 0.416 e. The number of carbonyl (C=O) groups is 9. The molecule has 6 aromatic carbocycles. The van der Waals surface area contributed by atoms with Gasteiger partial charge in [0.2, 0.25) is 35.4 Å². The first-order valence-electron chi connectivity index (χ1n) is 38.3. The number of ether oxygens (including phenoxy) is 6. The van der Waals surface area contributed by atoms with Crippen LogP contribution in [0.3, 0.4) is 0 Å². The van der Waals surface area contributed by atoms with Gasteiger partial charge in [-0.05, 0) is 141 Å². The molecule has 9 amide bonds. The first-order valence-corrected chi connectivity index (χ1v) is 38.3. The molecule has 2 fully saturated rings. The largest absolute Gasteiger partial charge is 0.497 e. The Morgan fingerprint density at radius 2 is 1.39 bits per heavy atom. The molecule has 30 nitrogen and oxygen atoms in total. The number of methoxy groups -OCH3 is 3. The number of rotatable bonds is 30. The zero-order valence-electron chi connectivity index (χ0n) is 64.4. The van der Waals surface area contributed by atoms with Crippen LogP contribution in [0, 0.1) is 11.3 Å². The van der Waals surface area contributed by atoms with Gasteiger partial charge in [0.25, 0.3) is 11.8 Å². The van der Waals surface area contributed by atoms with E-state index in [1.807, 2.05) is 97.5 Å². The zero-order chi connectivity index (χ0) is 79.8. The van der Waals surface area contributed by atoms with Gasteiger partial charge in [0, 0.05) is 73.5 Å². The molecular weight excluding hydrogens is 1450 g/mol. The van der Waals surface area contributed by atoms with E-state index < -0.39 is 79.0 Å². The molecule has 113 heavy (non-hydrogen) atoms. The van der Waals surface area contributed by atoms with Crippen LogP contribution in [0.2, 0.25) is 0 Å². The number of carbonyl (C=O) groups excluding carboxylic acids is 9. The molecule has 6 heterocycles. The van der Waals surface area contributed by atoms with E-state index in [9.17, 15) is 48.3 Å². The molecule has 13 rings (SSSR count). The second kappa shape index (κ2) is 34.7. The second-order valence-electron chi connectivity index (χ2n) is 29.8. The molecular formula is C83H96N14O16. The molecule has 0 radical (unpaired) electrons. The highest BCUT2D eigenvalue weighted by atomic mass is 16.6. The maximum absolute atomic E-state index is 14.6. The van der Waals surface area contributed by atoms with Gasteiger partial charge in [0.15, 0.2) is 29.2 Å². The number of para-hydroxylation sites is 1. The molecule has 6 aliphatic rings. The van der Waals surface area contributed by atoms with Crippen molar-refractivity contribution in [3.63, 3.8) is 0 Å². The lowest BCUT2D eigenvalue weighted by molar-refractivity contribution is -0.132. The highest BCUT2D eigenvalue weighted by Crippen LogP contribution is 2.57. The molecule has 1 spiro atoms. The summed E-state index contributed by atoms with van der Waals surface area (Å²) in [7, 11) is 4.57. The van der Waals surface area contributed by atoms with Crippen LogP contribution >= 0.6 is 0 Å². The van der Waals surface area contributed by atoms with Gasteiger partial charge in [-0.3, -0.25) is 38.4 Å². The molecule has 5 aliphatic heterocycles. The van der Waals surface area contributed by atoms with Crippen LogP contribution in [0.15, 0.2) is 128 Å². The Hall–Kier alpha value is -12.1. The quantitative estimate of drug-likeness (QED) is 0.0196. The number of anilines is 4. The third-order valence-electron chi connectivity index (χ3n) is 21.5. The average molecular weight is 1550 g/mol. The lowest BCUT2D eigenvalue weighted by Gasteiger charge is -2.31. The Bertz CT molecular complexity index is 4790. The fourth-order valence-corrected chi connectivity index (χ4v) is 15.1. The predicted molar refractivity (Wildman–Crippen MR) is 420 cm³/mol. The molecule has 30 heteroatoms. The van der Waals surface area contributed by atoms with Crippen molar-refractivity contribution in [3.8, 4) is 51.3 Å². The van der Waals surface area contributed by atoms with Crippen molar-refractivity contribution in [2.75, 3.05) is 87.7 Å². The summed E-state index contributed by atoms with van der Waals surface area (Å²) < 4.78 is 37.2. The van der Waals surface area contributed by atoms with E-state index in [0.717, 1.165) is 57.0 Å². The predicted octanol–water partition coefficient (Wildman–Crippen LogP) is 8.47. The first-order chi connectivity index (χ1) is 54.6. The van der Waals surface area contributed by atoms with Crippen molar-refractivity contribution >= 4 is 81.7 Å². The molecule has 7 aromatic rings.